The molecule has 1 rings (SSSR count). The Hall–Kier alpha value is -1.79. The van der Waals surface area contributed by atoms with E-state index in [0.29, 0.717) is 36.9 Å². The number of anilines is 2. The zero-order valence-electron chi connectivity index (χ0n) is 12.1. The SMILES string of the molecule is CCOCCOC(C)C(=O)Nc1ccc(OC)cc1N. The number of amides is 1. The van der Waals surface area contributed by atoms with E-state index in [1.165, 1.54) is 0 Å². The van der Waals surface area contributed by atoms with E-state index >= 15 is 0 Å². The minimum absolute atomic E-state index is 0.252. The van der Waals surface area contributed by atoms with Gasteiger partial charge in [-0.2, -0.15) is 0 Å². The van der Waals surface area contributed by atoms with Crippen LogP contribution < -0.4 is 15.8 Å². The van der Waals surface area contributed by atoms with E-state index in [2.05, 4.69) is 5.32 Å². The highest BCUT2D eigenvalue weighted by Gasteiger charge is 2.14. The lowest BCUT2D eigenvalue weighted by Crippen LogP contribution is -2.29. The third kappa shape index (κ3) is 5.07. The molecular weight excluding hydrogens is 260 g/mol. The van der Waals surface area contributed by atoms with Crippen LogP contribution in [0.1, 0.15) is 13.8 Å². The van der Waals surface area contributed by atoms with E-state index in [0.717, 1.165) is 0 Å². The van der Waals surface area contributed by atoms with Crippen LogP contribution in [0.4, 0.5) is 11.4 Å². The number of nitrogen functional groups attached to an aromatic ring is 1. The van der Waals surface area contributed by atoms with Crippen molar-refractivity contribution in [1.82, 2.24) is 0 Å². The molecule has 0 aliphatic carbocycles. The molecule has 0 saturated heterocycles. The fraction of sp³-hybridized carbons (Fsp3) is 0.500. The summed E-state index contributed by atoms with van der Waals surface area (Å²) in [6.45, 7) is 5.06. The van der Waals surface area contributed by atoms with Gasteiger partial charge in [-0.3, -0.25) is 4.79 Å². The number of carbonyl (C=O) groups excluding carboxylic acids is 1. The molecule has 6 heteroatoms. The van der Waals surface area contributed by atoms with E-state index < -0.39 is 6.10 Å². The van der Waals surface area contributed by atoms with Crippen LogP contribution in [0.2, 0.25) is 0 Å². The Morgan fingerprint density at radius 2 is 2.15 bits per heavy atom. The molecule has 1 aromatic carbocycles. The van der Waals surface area contributed by atoms with Crippen LogP contribution in [0, 0.1) is 0 Å². The van der Waals surface area contributed by atoms with Gasteiger partial charge in [-0.05, 0) is 26.0 Å². The molecule has 1 unspecified atom stereocenters. The van der Waals surface area contributed by atoms with Gasteiger partial charge in [0.05, 0.1) is 31.7 Å². The van der Waals surface area contributed by atoms with Crippen molar-refractivity contribution in [3.05, 3.63) is 18.2 Å². The normalized spacial score (nSPS) is 11.9. The number of ether oxygens (including phenoxy) is 3. The predicted octanol–water partition coefficient (Wildman–Crippen LogP) is 1.66. The van der Waals surface area contributed by atoms with E-state index in [9.17, 15) is 4.79 Å². The average molecular weight is 282 g/mol. The second kappa shape index (κ2) is 8.39. The molecule has 0 bridgehead atoms. The molecule has 0 heterocycles. The molecule has 1 aromatic rings. The third-order valence-corrected chi connectivity index (χ3v) is 2.69. The molecular formula is C14H22N2O4. The zero-order chi connectivity index (χ0) is 15.0. The van der Waals surface area contributed by atoms with Gasteiger partial charge < -0.3 is 25.3 Å². The van der Waals surface area contributed by atoms with E-state index in [4.69, 9.17) is 19.9 Å². The summed E-state index contributed by atoms with van der Waals surface area (Å²) < 4.78 is 15.5. The first kappa shape index (κ1) is 16.3. The first-order valence-corrected chi connectivity index (χ1v) is 6.52. The highest BCUT2D eigenvalue weighted by Crippen LogP contribution is 2.24. The average Bonchev–Trinajstić information content (AvgIpc) is 2.45. The van der Waals surface area contributed by atoms with Crippen LogP contribution in [-0.4, -0.2) is 38.9 Å². The second-order valence-electron chi connectivity index (χ2n) is 4.15. The maximum absolute atomic E-state index is 11.9. The number of rotatable bonds is 8. The van der Waals surface area contributed by atoms with Crippen molar-refractivity contribution in [3.8, 4) is 5.75 Å². The van der Waals surface area contributed by atoms with Gasteiger partial charge in [-0.1, -0.05) is 0 Å². The zero-order valence-corrected chi connectivity index (χ0v) is 12.1. The van der Waals surface area contributed by atoms with Gasteiger partial charge >= 0.3 is 0 Å². The number of carbonyl (C=O) groups is 1. The van der Waals surface area contributed by atoms with Gasteiger partial charge in [0.15, 0.2) is 0 Å². The molecule has 1 atom stereocenters. The molecule has 0 spiro atoms. The van der Waals surface area contributed by atoms with Crippen LogP contribution in [0.15, 0.2) is 18.2 Å². The summed E-state index contributed by atoms with van der Waals surface area (Å²) >= 11 is 0. The van der Waals surface area contributed by atoms with E-state index in [-0.39, 0.29) is 5.91 Å². The molecule has 0 fully saturated rings. The van der Waals surface area contributed by atoms with Crippen LogP contribution >= 0.6 is 0 Å². The topological polar surface area (TPSA) is 82.8 Å². The Balaban J connectivity index is 2.48. The minimum atomic E-state index is -0.572. The summed E-state index contributed by atoms with van der Waals surface area (Å²) in [7, 11) is 1.56. The standard InChI is InChI=1S/C14H22N2O4/c1-4-19-7-8-20-10(2)14(17)16-13-6-5-11(18-3)9-12(13)15/h5-6,9-10H,4,7-8,15H2,1-3H3,(H,16,17). The summed E-state index contributed by atoms with van der Waals surface area (Å²) in [4.78, 5) is 11.9. The first-order valence-electron chi connectivity index (χ1n) is 6.52. The van der Waals surface area contributed by atoms with Crippen molar-refractivity contribution in [2.45, 2.75) is 20.0 Å². The van der Waals surface area contributed by atoms with Crippen molar-refractivity contribution >= 4 is 17.3 Å². The minimum Gasteiger partial charge on any atom is -0.497 e. The van der Waals surface area contributed by atoms with Gasteiger partial charge in [0.2, 0.25) is 0 Å². The summed E-state index contributed by atoms with van der Waals surface area (Å²) in [5.41, 5.74) is 6.81. The molecule has 6 nitrogen and oxygen atoms in total. The number of benzene rings is 1. The number of hydrogen-bond acceptors (Lipinski definition) is 5. The van der Waals surface area contributed by atoms with Crippen molar-refractivity contribution < 1.29 is 19.0 Å². The Morgan fingerprint density at radius 1 is 1.40 bits per heavy atom. The number of methoxy groups -OCH3 is 1. The predicted molar refractivity (Wildman–Crippen MR) is 77.9 cm³/mol. The fourth-order valence-corrected chi connectivity index (χ4v) is 1.52. The number of hydrogen-bond donors (Lipinski definition) is 2. The van der Waals surface area contributed by atoms with Crippen molar-refractivity contribution in [2.24, 2.45) is 0 Å². The maximum Gasteiger partial charge on any atom is 0.253 e. The second-order valence-corrected chi connectivity index (χ2v) is 4.15. The highest BCUT2D eigenvalue weighted by atomic mass is 16.5. The smallest absolute Gasteiger partial charge is 0.253 e. The molecule has 0 aliphatic rings. The van der Waals surface area contributed by atoms with Crippen molar-refractivity contribution in [1.29, 1.82) is 0 Å². The van der Waals surface area contributed by atoms with Gasteiger partial charge in [0, 0.05) is 12.7 Å². The molecule has 112 valence electrons. The highest BCUT2D eigenvalue weighted by molar-refractivity contribution is 5.96. The Bertz CT molecular complexity index is 437. The molecule has 1 amide bonds. The molecule has 20 heavy (non-hydrogen) atoms. The van der Waals surface area contributed by atoms with Gasteiger partial charge in [-0.15, -0.1) is 0 Å². The van der Waals surface area contributed by atoms with Crippen molar-refractivity contribution in [2.75, 3.05) is 38.0 Å². The summed E-state index contributed by atoms with van der Waals surface area (Å²) in [6, 6.07) is 5.07. The van der Waals surface area contributed by atoms with Crippen molar-refractivity contribution in [3.63, 3.8) is 0 Å². The van der Waals surface area contributed by atoms with Gasteiger partial charge in [0.25, 0.3) is 5.91 Å². The Labute approximate surface area is 119 Å². The lowest BCUT2D eigenvalue weighted by molar-refractivity contribution is -0.127. The van der Waals surface area contributed by atoms with Gasteiger partial charge in [0.1, 0.15) is 11.9 Å². The van der Waals surface area contributed by atoms with Crippen LogP contribution in [0.5, 0.6) is 5.75 Å². The molecule has 0 aromatic heterocycles. The van der Waals surface area contributed by atoms with Crippen LogP contribution in [0.3, 0.4) is 0 Å². The maximum atomic E-state index is 11.9. The molecule has 0 saturated carbocycles. The first-order chi connectivity index (χ1) is 9.58. The number of nitrogens with one attached hydrogen (secondary N) is 1. The van der Waals surface area contributed by atoms with Crippen LogP contribution in [0.25, 0.3) is 0 Å². The molecule has 3 N–H and O–H groups in total. The largest absolute Gasteiger partial charge is 0.497 e. The van der Waals surface area contributed by atoms with Crippen LogP contribution in [-0.2, 0) is 14.3 Å². The third-order valence-electron chi connectivity index (χ3n) is 2.69. The quantitative estimate of drug-likeness (QED) is 0.559. The summed E-state index contributed by atoms with van der Waals surface area (Å²) in [5, 5.41) is 2.72. The summed E-state index contributed by atoms with van der Waals surface area (Å²) in [5.74, 6) is 0.389. The van der Waals surface area contributed by atoms with E-state index in [1.54, 1.807) is 32.2 Å². The Morgan fingerprint density at radius 3 is 2.75 bits per heavy atom. The monoisotopic (exact) mass is 282 g/mol. The lowest BCUT2D eigenvalue weighted by Gasteiger charge is -2.15. The lowest BCUT2D eigenvalue weighted by atomic mass is 10.2. The Kier molecular flexibility index (Phi) is 6.83. The summed E-state index contributed by atoms with van der Waals surface area (Å²) in [6.07, 6.45) is -0.572. The number of nitrogens with two attached hydrogens (primary N) is 1. The van der Waals surface area contributed by atoms with E-state index in [1.807, 2.05) is 6.92 Å². The molecule has 0 aliphatic heterocycles. The fourth-order valence-electron chi connectivity index (χ4n) is 1.52. The molecule has 0 radical (unpaired) electrons. The van der Waals surface area contributed by atoms with Gasteiger partial charge in [-0.25, -0.2) is 0 Å².